The van der Waals surface area contributed by atoms with Crippen molar-refractivity contribution in [3.05, 3.63) is 89.5 Å². The molecule has 3 aromatic carbocycles. The second-order valence-electron chi connectivity index (χ2n) is 8.11. The fourth-order valence-electron chi connectivity index (χ4n) is 4.01. The van der Waals surface area contributed by atoms with Gasteiger partial charge in [0.05, 0.1) is 10.6 Å². The van der Waals surface area contributed by atoms with Gasteiger partial charge in [-0.3, -0.25) is 9.10 Å². The third-order valence-corrected chi connectivity index (χ3v) is 7.47. The number of aryl methyl sites for hydroxylation is 2. The van der Waals surface area contributed by atoms with E-state index < -0.39 is 10.0 Å². The molecule has 1 aliphatic heterocycles. The molecule has 0 saturated heterocycles. The second-order valence-corrected chi connectivity index (χ2v) is 9.97. The van der Waals surface area contributed by atoms with Crippen LogP contribution in [0.3, 0.4) is 0 Å². The third-order valence-electron chi connectivity index (χ3n) is 5.69. The molecule has 1 atom stereocenters. The molecule has 0 bridgehead atoms. The van der Waals surface area contributed by atoms with Gasteiger partial charge in [-0.2, -0.15) is 0 Å². The van der Waals surface area contributed by atoms with Gasteiger partial charge in [-0.1, -0.05) is 53.6 Å². The van der Waals surface area contributed by atoms with Crippen LogP contribution in [-0.4, -0.2) is 26.9 Å². The predicted octanol–water partition coefficient (Wildman–Crippen LogP) is 4.48. The summed E-state index contributed by atoms with van der Waals surface area (Å²) in [7, 11) is -3.92. The fraction of sp³-hybridized carbons (Fsp3) is 0.240. The lowest BCUT2D eigenvalue weighted by atomic mass is 10.1. The van der Waals surface area contributed by atoms with Crippen LogP contribution in [0.1, 0.15) is 23.6 Å². The number of nitrogens with zero attached hydrogens (tertiary/aromatic N) is 2. The molecule has 0 fully saturated rings. The van der Waals surface area contributed by atoms with E-state index in [1.54, 1.807) is 41.3 Å². The average Bonchev–Trinajstić information content (AvgIpc) is 3.08. The molecule has 1 amide bonds. The van der Waals surface area contributed by atoms with Crippen molar-refractivity contribution in [2.24, 2.45) is 0 Å². The van der Waals surface area contributed by atoms with Crippen molar-refractivity contribution in [1.82, 2.24) is 0 Å². The summed E-state index contributed by atoms with van der Waals surface area (Å²) in [5.41, 5.74) is 4.42. The molecule has 0 N–H and O–H groups in total. The van der Waals surface area contributed by atoms with Gasteiger partial charge in [-0.25, -0.2) is 8.42 Å². The summed E-state index contributed by atoms with van der Waals surface area (Å²) in [6.45, 7) is 5.57. The fourth-order valence-corrected chi connectivity index (χ4v) is 5.42. The van der Waals surface area contributed by atoms with Crippen molar-refractivity contribution >= 4 is 27.3 Å². The normalized spacial score (nSPS) is 15.6. The first-order valence-electron chi connectivity index (χ1n) is 10.3. The van der Waals surface area contributed by atoms with E-state index in [-0.39, 0.29) is 23.4 Å². The van der Waals surface area contributed by atoms with Crippen molar-refractivity contribution in [3.8, 4) is 0 Å². The highest BCUT2D eigenvalue weighted by Gasteiger charge is 2.34. The zero-order valence-corrected chi connectivity index (χ0v) is 18.8. The van der Waals surface area contributed by atoms with Gasteiger partial charge in [-0.05, 0) is 63.1 Å². The Bertz CT molecular complexity index is 1200. The van der Waals surface area contributed by atoms with Crippen molar-refractivity contribution < 1.29 is 13.2 Å². The molecule has 160 valence electrons. The number of carbonyl (C=O) groups excluding carboxylic acids is 1. The van der Waals surface area contributed by atoms with Crippen LogP contribution in [0.25, 0.3) is 0 Å². The quantitative estimate of drug-likeness (QED) is 0.595. The summed E-state index contributed by atoms with van der Waals surface area (Å²) < 4.78 is 28.3. The summed E-state index contributed by atoms with van der Waals surface area (Å²) in [6.07, 6.45) is 0.761. The van der Waals surface area contributed by atoms with Gasteiger partial charge in [0, 0.05) is 11.7 Å². The molecule has 5 nitrogen and oxygen atoms in total. The van der Waals surface area contributed by atoms with E-state index >= 15 is 0 Å². The van der Waals surface area contributed by atoms with Crippen molar-refractivity contribution in [1.29, 1.82) is 0 Å². The molecule has 0 aliphatic carbocycles. The van der Waals surface area contributed by atoms with E-state index in [9.17, 15) is 13.2 Å². The zero-order chi connectivity index (χ0) is 22.2. The van der Waals surface area contributed by atoms with Gasteiger partial charge < -0.3 is 4.90 Å². The average molecular weight is 435 g/mol. The zero-order valence-electron chi connectivity index (χ0n) is 17.9. The highest BCUT2D eigenvalue weighted by atomic mass is 32.2. The van der Waals surface area contributed by atoms with Gasteiger partial charge in [0.1, 0.15) is 6.54 Å². The second kappa shape index (κ2) is 8.19. The van der Waals surface area contributed by atoms with Crippen LogP contribution >= 0.6 is 0 Å². The monoisotopic (exact) mass is 434 g/mol. The first-order chi connectivity index (χ1) is 14.8. The minimum Gasteiger partial charge on any atom is -0.307 e. The summed E-state index contributed by atoms with van der Waals surface area (Å²) in [5.74, 6) is -0.242. The topological polar surface area (TPSA) is 57.7 Å². The smallest absolute Gasteiger partial charge is 0.264 e. The van der Waals surface area contributed by atoms with Crippen LogP contribution in [-0.2, 0) is 21.2 Å². The van der Waals surface area contributed by atoms with Gasteiger partial charge in [-0.15, -0.1) is 0 Å². The number of anilines is 2. The maximum atomic E-state index is 13.6. The Kier molecular flexibility index (Phi) is 5.58. The Balaban J connectivity index is 1.72. The Hall–Kier alpha value is -3.12. The Morgan fingerprint density at radius 3 is 2.16 bits per heavy atom. The van der Waals surface area contributed by atoms with Crippen LogP contribution < -0.4 is 9.21 Å². The van der Waals surface area contributed by atoms with Crippen LogP contribution in [0.4, 0.5) is 11.4 Å². The highest BCUT2D eigenvalue weighted by molar-refractivity contribution is 7.92. The van der Waals surface area contributed by atoms with E-state index in [0.29, 0.717) is 5.69 Å². The number of fused-ring (bicyclic) bond motifs is 1. The minimum absolute atomic E-state index is 0.0214. The molecule has 4 rings (SSSR count). The number of amides is 1. The van der Waals surface area contributed by atoms with E-state index in [4.69, 9.17) is 0 Å². The van der Waals surface area contributed by atoms with Gasteiger partial charge >= 0.3 is 0 Å². The maximum Gasteiger partial charge on any atom is 0.264 e. The summed E-state index contributed by atoms with van der Waals surface area (Å²) in [4.78, 5) is 15.3. The number of hydrogen-bond acceptors (Lipinski definition) is 3. The predicted molar refractivity (Wildman–Crippen MR) is 124 cm³/mol. The third kappa shape index (κ3) is 4.08. The van der Waals surface area contributed by atoms with E-state index in [2.05, 4.69) is 0 Å². The molecule has 6 heteroatoms. The SMILES string of the molecule is Cc1ccc(N(CC(=O)N2c3ccccc3C[C@H]2C)S(=O)(=O)c2ccc(C)cc2)cc1. The number of para-hydroxylation sites is 1. The molecule has 1 heterocycles. The molecule has 3 aromatic rings. The van der Waals surface area contributed by atoms with Crippen molar-refractivity contribution in [3.63, 3.8) is 0 Å². The summed E-state index contributed by atoms with van der Waals surface area (Å²) >= 11 is 0. The molecule has 0 spiro atoms. The molecule has 0 radical (unpaired) electrons. The Morgan fingerprint density at radius 1 is 0.935 bits per heavy atom. The van der Waals surface area contributed by atoms with Crippen LogP contribution in [0, 0.1) is 13.8 Å². The number of rotatable bonds is 5. The molecular weight excluding hydrogens is 408 g/mol. The largest absolute Gasteiger partial charge is 0.307 e. The lowest BCUT2D eigenvalue weighted by Gasteiger charge is -2.29. The Labute approximate surface area is 184 Å². The minimum atomic E-state index is -3.92. The van der Waals surface area contributed by atoms with Gasteiger partial charge in [0.25, 0.3) is 10.0 Å². The first kappa shape index (κ1) is 21.1. The number of sulfonamides is 1. The van der Waals surface area contributed by atoms with Gasteiger partial charge in [0.2, 0.25) is 5.91 Å². The molecule has 1 aliphatic rings. The van der Waals surface area contributed by atoms with Crippen LogP contribution in [0.2, 0.25) is 0 Å². The van der Waals surface area contributed by atoms with Gasteiger partial charge in [0.15, 0.2) is 0 Å². The number of hydrogen-bond donors (Lipinski definition) is 0. The molecule has 0 saturated carbocycles. The number of carbonyl (C=O) groups is 1. The first-order valence-corrected chi connectivity index (χ1v) is 11.8. The lowest BCUT2D eigenvalue weighted by Crippen LogP contribution is -2.45. The lowest BCUT2D eigenvalue weighted by molar-refractivity contribution is -0.117. The molecule has 0 unspecified atom stereocenters. The van der Waals surface area contributed by atoms with Crippen LogP contribution in [0.15, 0.2) is 77.7 Å². The standard InChI is InChI=1S/C25H26N2O3S/c1-18-8-12-22(13-9-18)26(31(29,30)23-14-10-19(2)11-15-23)17-25(28)27-20(3)16-21-6-4-5-7-24(21)27/h4-15,20H,16-17H2,1-3H3/t20-/m1/s1. The molecular formula is C25H26N2O3S. The molecule has 0 aromatic heterocycles. The van der Waals surface area contributed by atoms with E-state index in [0.717, 1.165) is 28.8 Å². The van der Waals surface area contributed by atoms with E-state index in [1.165, 1.54) is 4.31 Å². The molecule has 31 heavy (non-hydrogen) atoms. The van der Waals surface area contributed by atoms with Crippen LogP contribution in [0.5, 0.6) is 0 Å². The number of benzene rings is 3. The van der Waals surface area contributed by atoms with Crippen molar-refractivity contribution in [2.75, 3.05) is 15.7 Å². The highest BCUT2D eigenvalue weighted by Crippen LogP contribution is 2.33. The summed E-state index contributed by atoms with van der Waals surface area (Å²) in [5, 5.41) is 0. The van der Waals surface area contributed by atoms with E-state index in [1.807, 2.05) is 57.2 Å². The Morgan fingerprint density at radius 2 is 1.52 bits per heavy atom. The maximum absolute atomic E-state index is 13.6. The summed E-state index contributed by atoms with van der Waals surface area (Å²) in [6, 6.07) is 21.7. The van der Waals surface area contributed by atoms with Crippen molar-refractivity contribution in [2.45, 2.75) is 38.1 Å².